The van der Waals surface area contributed by atoms with Crippen molar-refractivity contribution >= 4 is 49.1 Å². The van der Waals surface area contributed by atoms with E-state index in [1.165, 1.54) is 12.7 Å². The second kappa shape index (κ2) is 14.0. The van der Waals surface area contributed by atoms with E-state index in [1.54, 1.807) is 23.6 Å². The molecule has 0 unspecified atom stereocenters. The van der Waals surface area contributed by atoms with Gasteiger partial charge < -0.3 is 19.3 Å². The molecule has 12 nitrogen and oxygen atoms in total. The number of hydrogen-bond donors (Lipinski definition) is 1. The van der Waals surface area contributed by atoms with E-state index in [1.807, 2.05) is 11.9 Å². The van der Waals surface area contributed by atoms with Gasteiger partial charge in [-0.15, -0.1) is 11.3 Å². The lowest BCUT2D eigenvalue weighted by Gasteiger charge is -2.37. The molecule has 5 rings (SSSR count). The molecular formula is C32H47N7O5S2. The average Bonchev–Trinajstić information content (AvgIpc) is 3.33. The minimum absolute atomic E-state index is 0.144. The van der Waals surface area contributed by atoms with Gasteiger partial charge in [-0.3, -0.25) is 14.4 Å². The predicted octanol–water partition coefficient (Wildman–Crippen LogP) is 4.53. The Morgan fingerprint density at radius 3 is 2.50 bits per heavy atom. The summed E-state index contributed by atoms with van der Waals surface area (Å²) < 4.78 is 38.6. The molecule has 252 valence electrons. The number of thiophene rings is 1. The summed E-state index contributed by atoms with van der Waals surface area (Å²) in [5.74, 6) is 1.03. The van der Waals surface area contributed by atoms with E-state index < -0.39 is 10.0 Å². The molecule has 2 saturated heterocycles. The molecule has 3 aromatic rings. The van der Waals surface area contributed by atoms with Gasteiger partial charge in [0.2, 0.25) is 27.8 Å². The normalized spacial score (nSPS) is 17.0. The molecule has 1 amide bonds. The van der Waals surface area contributed by atoms with Crippen LogP contribution in [0.1, 0.15) is 56.9 Å². The summed E-state index contributed by atoms with van der Waals surface area (Å²) >= 11 is 1.64. The Bertz CT molecular complexity index is 1660. The molecule has 0 atom stereocenters. The molecule has 2 aliphatic rings. The highest BCUT2D eigenvalue weighted by atomic mass is 32.2. The van der Waals surface area contributed by atoms with Gasteiger partial charge in [0.1, 0.15) is 5.69 Å². The van der Waals surface area contributed by atoms with Crippen molar-refractivity contribution in [3.63, 3.8) is 0 Å². The molecule has 0 spiro atoms. The molecule has 2 aliphatic heterocycles. The average molecular weight is 674 g/mol. The van der Waals surface area contributed by atoms with Gasteiger partial charge in [-0.2, -0.15) is 0 Å². The number of rotatable bonds is 10. The summed E-state index contributed by atoms with van der Waals surface area (Å²) in [5, 5.41) is 0. The molecule has 0 saturated carbocycles. The number of nitrogens with zero attached hydrogens (tertiary/aromatic N) is 6. The Morgan fingerprint density at radius 1 is 1.17 bits per heavy atom. The van der Waals surface area contributed by atoms with E-state index in [-0.39, 0.29) is 28.9 Å². The van der Waals surface area contributed by atoms with Crippen LogP contribution in [-0.2, 0) is 26.1 Å². The number of carbonyl (C=O) groups excluding carboxylic acids is 1. The molecule has 5 heterocycles. The number of aryl methyl sites for hydroxylation is 1. The van der Waals surface area contributed by atoms with Crippen molar-refractivity contribution in [3.8, 4) is 17.1 Å². The van der Waals surface area contributed by atoms with Gasteiger partial charge in [-0.05, 0) is 37.7 Å². The maximum Gasteiger partial charge on any atom is 0.238 e. The standard InChI is InChI=1S/C32H47N7O5S2/c1-21-24(20-38-12-9-23(10-13-38)37(5)26(40)8-11-32(2,3)4)28-29(45-21)27(34-31(35-28)39-14-16-44-17-15-39)22-18-25(36-46(7,41)42)30(43-6)33-19-22/h18-19,23,36H,8-17,20H2,1-7H3. The van der Waals surface area contributed by atoms with Crippen LogP contribution in [0.25, 0.3) is 21.5 Å². The predicted molar refractivity (Wildman–Crippen MR) is 183 cm³/mol. The number of aromatic nitrogens is 3. The number of likely N-dealkylation sites (tertiary alicyclic amines) is 1. The van der Waals surface area contributed by atoms with Crippen molar-refractivity contribution in [1.82, 2.24) is 24.8 Å². The van der Waals surface area contributed by atoms with Gasteiger partial charge >= 0.3 is 0 Å². The van der Waals surface area contributed by atoms with Crippen molar-refractivity contribution < 1.29 is 22.7 Å². The number of sulfonamides is 1. The van der Waals surface area contributed by atoms with E-state index in [2.05, 4.69) is 47.2 Å². The zero-order chi connectivity index (χ0) is 33.2. The molecule has 0 aromatic carbocycles. The lowest BCUT2D eigenvalue weighted by atomic mass is 9.90. The SMILES string of the molecule is COc1ncc(-c2nc(N3CCOCC3)nc3c(CN4CCC(N(C)C(=O)CCC(C)(C)C)CC4)c(C)sc23)cc1NS(C)(=O)=O. The van der Waals surface area contributed by atoms with Crippen LogP contribution in [0.15, 0.2) is 12.3 Å². The monoisotopic (exact) mass is 673 g/mol. The first-order valence-electron chi connectivity index (χ1n) is 15.9. The second-order valence-electron chi connectivity index (χ2n) is 13.5. The number of morpholine rings is 1. The molecule has 0 bridgehead atoms. The number of anilines is 2. The summed E-state index contributed by atoms with van der Waals surface area (Å²) in [6, 6.07) is 1.97. The summed E-state index contributed by atoms with van der Waals surface area (Å²) in [5.41, 5.74) is 3.83. The molecule has 0 aliphatic carbocycles. The van der Waals surface area contributed by atoms with Crippen LogP contribution >= 0.6 is 11.3 Å². The van der Waals surface area contributed by atoms with E-state index in [4.69, 9.17) is 19.4 Å². The number of hydrogen-bond acceptors (Lipinski definition) is 11. The highest BCUT2D eigenvalue weighted by Gasteiger charge is 2.28. The van der Waals surface area contributed by atoms with Gasteiger partial charge in [-0.25, -0.2) is 23.4 Å². The number of amides is 1. The first-order valence-corrected chi connectivity index (χ1v) is 18.6. The highest BCUT2D eigenvalue weighted by Crippen LogP contribution is 2.40. The minimum Gasteiger partial charge on any atom is -0.480 e. The number of pyridine rings is 1. The van der Waals surface area contributed by atoms with Crippen LogP contribution < -0.4 is 14.4 Å². The highest BCUT2D eigenvalue weighted by molar-refractivity contribution is 7.92. The van der Waals surface area contributed by atoms with Gasteiger partial charge in [0.05, 0.1) is 42.5 Å². The quantitative estimate of drug-likeness (QED) is 0.328. The van der Waals surface area contributed by atoms with Crippen molar-refractivity contribution in [3.05, 3.63) is 22.7 Å². The van der Waals surface area contributed by atoms with Crippen LogP contribution in [0.2, 0.25) is 0 Å². The Hall–Kier alpha value is -3.07. The number of methoxy groups -OCH3 is 1. The van der Waals surface area contributed by atoms with E-state index in [9.17, 15) is 13.2 Å². The largest absolute Gasteiger partial charge is 0.480 e. The van der Waals surface area contributed by atoms with Gasteiger partial charge in [0, 0.05) is 74.4 Å². The van der Waals surface area contributed by atoms with Crippen molar-refractivity contribution in [2.24, 2.45) is 5.41 Å². The first kappa shape index (κ1) is 34.3. The fraction of sp³-hybridized carbons (Fsp3) is 0.625. The third kappa shape index (κ3) is 8.25. The van der Waals surface area contributed by atoms with Crippen LogP contribution in [0.4, 0.5) is 11.6 Å². The summed E-state index contributed by atoms with van der Waals surface area (Å²) in [7, 11) is -0.158. The molecule has 3 aromatic heterocycles. The Labute approximate surface area is 276 Å². The summed E-state index contributed by atoms with van der Waals surface area (Å²) in [6.45, 7) is 13.8. The molecule has 2 fully saturated rings. The zero-order valence-corrected chi connectivity index (χ0v) is 29.7. The number of fused-ring (bicyclic) bond motifs is 1. The van der Waals surface area contributed by atoms with Crippen LogP contribution in [0.5, 0.6) is 5.88 Å². The lowest BCUT2D eigenvalue weighted by molar-refractivity contribution is -0.133. The van der Waals surface area contributed by atoms with E-state index in [0.29, 0.717) is 49.9 Å². The van der Waals surface area contributed by atoms with Gasteiger partial charge in [0.25, 0.3) is 0 Å². The smallest absolute Gasteiger partial charge is 0.238 e. The fourth-order valence-electron chi connectivity index (χ4n) is 5.98. The van der Waals surface area contributed by atoms with Crippen molar-refractivity contribution in [2.75, 3.05) is 69.4 Å². The maximum atomic E-state index is 12.9. The summed E-state index contributed by atoms with van der Waals surface area (Å²) in [4.78, 5) is 35.2. The number of nitrogens with one attached hydrogen (secondary N) is 1. The van der Waals surface area contributed by atoms with Crippen LogP contribution in [0, 0.1) is 12.3 Å². The van der Waals surface area contributed by atoms with E-state index in [0.717, 1.165) is 60.2 Å². The Balaban J connectivity index is 1.43. The van der Waals surface area contributed by atoms with Crippen molar-refractivity contribution in [1.29, 1.82) is 0 Å². The molecule has 0 radical (unpaired) electrons. The third-order valence-corrected chi connectivity index (χ3v) is 10.4. The van der Waals surface area contributed by atoms with Crippen LogP contribution in [-0.4, -0.2) is 105 Å². The molecule has 46 heavy (non-hydrogen) atoms. The minimum atomic E-state index is -3.57. The third-order valence-electron chi connectivity index (χ3n) is 8.70. The number of ether oxygens (including phenoxy) is 2. The first-order chi connectivity index (χ1) is 21.7. The van der Waals surface area contributed by atoms with Gasteiger partial charge in [0.15, 0.2) is 0 Å². The maximum absolute atomic E-state index is 12.9. The topological polar surface area (TPSA) is 130 Å². The zero-order valence-electron chi connectivity index (χ0n) is 28.1. The molecule has 1 N–H and O–H groups in total. The number of carbonyl (C=O) groups is 1. The fourth-order valence-corrected chi connectivity index (χ4v) is 7.64. The molecular weight excluding hydrogens is 627 g/mol. The van der Waals surface area contributed by atoms with Gasteiger partial charge in [-0.1, -0.05) is 20.8 Å². The Kier molecular flexibility index (Phi) is 10.4. The number of piperidine rings is 1. The van der Waals surface area contributed by atoms with E-state index >= 15 is 0 Å². The Morgan fingerprint density at radius 2 is 1.87 bits per heavy atom. The second-order valence-corrected chi connectivity index (χ2v) is 16.5. The lowest BCUT2D eigenvalue weighted by Crippen LogP contribution is -2.45. The van der Waals surface area contributed by atoms with Crippen LogP contribution in [0.3, 0.4) is 0 Å². The van der Waals surface area contributed by atoms with Crippen molar-refractivity contribution in [2.45, 2.75) is 66.0 Å². The molecule has 14 heteroatoms. The summed E-state index contributed by atoms with van der Waals surface area (Å²) in [6.07, 6.45) is 6.11.